The summed E-state index contributed by atoms with van der Waals surface area (Å²) >= 11 is 0. The van der Waals surface area contributed by atoms with Crippen molar-refractivity contribution in [3.05, 3.63) is 65.0 Å². The predicted octanol–water partition coefficient (Wildman–Crippen LogP) is 4.99. The predicted molar refractivity (Wildman–Crippen MR) is 127 cm³/mol. The van der Waals surface area contributed by atoms with Gasteiger partial charge in [0.25, 0.3) is 5.91 Å². The molecule has 10 heteroatoms. The van der Waals surface area contributed by atoms with E-state index in [1.165, 1.54) is 6.07 Å². The van der Waals surface area contributed by atoms with Crippen molar-refractivity contribution in [1.29, 1.82) is 0 Å². The fraction of sp³-hybridized carbons (Fsp3) is 0.407. The Morgan fingerprint density at radius 3 is 2.41 bits per heavy atom. The second kappa shape index (κ2) is 9.39. The Morgan fingerprint density at radius 1 is 1.03 bits per heavy atom. The summed E-state index contributed by atoms with van der Waals surface area (Å²) in [4.78, 5) is 45.5. The van der Waals surface area contributed by atoms with Crippen molar-refractivity contribution in [1.82, 2.24) is 4.90 Å². The number of carbonyl (C=O) groups excluding carboxylic acids is 3. The van der Waals surface area contributed by atoms with Crippen LogP contribution in [0.3, 0.4) is 0 Å². The summed E-state index contributed by atoms with van der Waals surface area (Å²) in [6.45, 7) is 1.84. The summed E-state index contributed by atoms with van der Waals surface area (Å²) in [5, 5.41) is 2.46. The fourth-order valence-electron chi connectivity index (χ4n) is 5.16. The number of imide groups is 1. The van der Waals surface area contributed by atoms with Crippen LogP contribution in [-0.4, -0.2) is 40.7 Å². The number of anilines is 1. The van der Waals surface area contributed by atoms with Gasteiger partial charge in [-0.2, -0.15) is 13.2 Å². The van der Waals surface area contributed by atoms with Gasteiger partial charge in [0.15, 0.2) is 0 Å². The number of benzodiazepines with no additional fused rings is 1. The van der Waals surface area contributed by atoms with Gasteiger partial charge in [-0.15, -0.1) is 0 Å². The molecule has 37 heavy (non-hydrogen) atoms. The molecule has 2 fully saturated rings. The van der Waals surface area contributed by atoms with Crippen molar-refractivity contribution in [3.63, 3.8) is 0 Å². The van der Waals surface area contributed by atoms with Crippen molar-refractivity contribution in [2.24, 2.45) is 22.7 Å². The van der Waals surface area contributed by atoms with E-state index in [2.05, 4.69) is 10.3 Å². The van der Waals surface area contributed by atoms with Gasteiger partial charge in [-0.3, -0.25) is 14.4 Å². The topological polar surface area (TPSA) is 78.8 Å². The molecule has 194 valence electrons. The Hall–Kier alpha value is -3.56. The Kier molecular flexibility index (Phi) is 6.37. The van der Waals surface area contributed by atoms with Crippen molar-refractivity contribution >= 4 is 29.1 Å². The highest BCUT2D eigenvalue weighted by atomic mass is 19.4. The molecule has 0 spiro atoms. The molecule has 3 amide bonds. The number of nitrogens with zero attached hydrogens (tertiary/aromatic N) is 2. The van der Waals surface area contributed by atoms with E-state index in [-0.39, 0.29) is 22.9 Å². The highest BCUT2D eigenvalue weighted by Crippen LogP contribution is 2.44. The number of hydrogen-bond acceptors (Lipinski definition) is 4. The lowest BCUT2D eigenvalue weighted by Gasteiger charge is -2.22. The first-order chi connectivity index (χ1) is 17.5. The molecule has 3 aliphatic rings. The van der Waals surface area contributed by atoms with Gasteiger partial charge in [0.1, 0.15) is 5.82 Å². The Balaban J connectivity index is 1.58. The maximum absolute atomic E-state index is 14.8. The smallest absolute Gasteiger partial charge is 0.319 e. The van der Waals surface area contributed by atoms with Crippen LogP contribution in [0.25, 0.3) is 0 Å². The SMILES string of the molecule is Cc1cccc(C2=N[C@@H](N3C(=O)[C@@H](CC4CC4)[C@@H](CCC(F)(F)F)C3=O)C(=O)Nc3c(F)cccc32)c1. The summed E-state index contributed by atoms with van der Waals surface area (Å²) in [6.07, 6.45) is -5.94. The minimum atomic E-state index is -4.49. The largest absolute Gasteiger partial charge is 0.389 e. The molecule has 1 saturated carbocycles. The molecule has 2 aromatic carbocycles. The number of nitrogens with one attached hydrogen (secondary N) is 1. The van der Waals surface area contributed by atoms with Gasteiger partial charge in [-0.05, 0) is 37.8 Å². The molecule has 3 atom stereocenters. The lowest BCUT2D eigenvalue weighted by molar-refractivity contribution is -0.147. The Labute approximate surface area is 210 Å². The molecule has 2 aliphatic heterocycles. The van der Waals surface area contributed by atoms with Crippen LogP contribution in [0, 0.1) is 30.5 Å². The monoisotopic (exact) mass is 515 g/mol. The number of para-hydroxylation sites is 1. The number of carbonyl (C=O) groups is 3. The summed E-state index contributed by atoms with van der Waals surface area (Å²) in [5.74, 6) is -5.15. The molecule has 0 aromatic heterocycles. The van der Waals surface area contributed by atoms with Crippen molar-refractivity contribution in [2.45, 2.75) is 51.4 Å². The van der Waals surface area contributed by atoms with Crippen LogP contribution in [0.5, 0.6) is 0 Å². The standard InChI is InChI=1S/C27H25F4N3O3/c1-14-4-2-5-16(12-14)21-18-6-3-7-20(28)22(18)33-24(35)23(32-21)34-25(36)17(10-11-27(29,30)31)19(26(34)37)13-15-8-9-15/h2-7,12,15,17,19,23H,8-11,13H2,1H3,(H,33,35)/t17-,19+,23+/m1/s1. The number of fused-ring (bicyclic) bond motifs is 1. The minimum absolute atomic E-state index is 0.141. The molecule has 0 bridgehead atoms. The number of halogens is 4. The number of likely N-dealkylation sites (tertiary alicyclic amines) is 1. The van der Waals surface area contributed by atoms with E-state index < -0.39 is 60.6 Å². The average Bonchev–Trinajstić information content (AvgIpc) is 3.63. The maximum atomic E-state index is 14.8. The van der Waals surface area contributed by atoms with Gasteiger partial charge < -0.3 is 5.32 Å². The first-order valence-corrected chi connectivity index (χ1v) is 12.2. The van der Waals surface area contributed by atoms with E-state index in [0.717, 1.165) is 24.5 Å². The third-order valence-electron chi connectivity index (χ3n) is 7.16. The summed E-state index contributed by atoms with van der Waals surface area (Å²) in [6, 6.07) is 11.3. The molecule has 2 heterocycles. The lowest BCUT2D eigenvalue weighted by atomic mass is 9.86. The third-order valence-corrected chi connectivity index (χ3v) is 7.16. The first-order valence-electron chi connectivity index (χ1n) is 12.2. The number of hydrogen-bond donors (Lipinski definition) is 1. The Bertz CT molecular complexity index is 1300. The van der Waals surface area contributed by atoms with Crippen molar-refractivity contribution < 1.29 is 31.9 Å². The number of aliphatic imine (C=N–C) groups is 1. The second-order valence-electron chi connectivity index (χ2n) is 9.96. The maximum Gasteiger partial charge on any atom is 0.389 e. The fourth-order valence-corrected chi connectivity index (χ4v) is 5.16. The molecule has 1 saturated heterocycles. The molecule has 0 unspecified atom stereocenters. The number of rotatable bonds is 6. The van der Waals surface area contributed by atoms with E-state index in [9.17, 15) is 31.9 Å². The molecule has 1 N–H and O–H groups in total. The summed E-state index contributed by atoms with van der Waals surface area (Å²) in [7, 11) is 0. The van der Waals surface area contributed by atoms with E-state index in [4.69, 9.17) is 0 Å². The van der Waals surface area contributed by atoms with Crippen LogP contribution >= 0.6 is 0 Å². The second-order valence-corrected chi connectivity index (χ2v) is 9.96. The summed E-state index contributed by atoms with van der Waals surface area (Å²) < 4.78 is 53.9. The molecule has 1 aliphatic carbocycles. The van der Waals surface area contributed by atoms with Crippen molar-refractivity contribution in [3.8, 4) is 0 Å². The quantitative estimate of drug-likeness (QED) is 0.435. The summed E-state index contributed by atoms with van der Waals surface area (Å²) in [5.41, 5.74) is 1.72. The van der Waals surface area contributed by atoms with E-state index in [1.807, 2.05) is 13.0 Å². The molecule has 2 aromatic rings. The zero-order chi connectivity index (χ0) is 26.5. The third kappa shape index (κ3) is 5.01. The van der Waals surface area contributed by atoms with Crippen molar-refractivity contribution in [2.75, 3.05) is 5.32 Å². The highest BCUT2D eigenvalue weighted by molar-refractivity contribution is 6.21. The number of alkyl halides is 3. The van der Waals surface area contributed by atoms with Crippen LogP contribution < -0.4 is 5.32 Å². The number of benzene rings is 2. The number of amides is 3. The number of aryl methyl sites for hydroxylation is 1. The minimum Gasteiger partial charge on any atom is -0.319 e. The van der Waals surface area contributed by atoms with Gasteiger partial charge >= 0.3 is 6.18 Å². The van der Waals surface area contributed by atoms with E-state index in [0.29, 0.717) is 16.9 Å². The van der Waals surface area contributed by atoms with Crippen LogP contribution in [0.2, 0.25) is 0 Å². The molecular formula is C27H25F4N3O3. The normalized spacial score (nSPS) is 24.0. The van der Waals surface area contributed by atoms with Gasteiger partial charge in [-0.25, -0.2) is 14.3 Å². The van der Waals surface area contributed by atoms with Gasteiger partial charge in [-0.1, -0.05) is 48.7 Å². The highest BCUT2D eigenvalue weighted by Gasteiger charge is 2.53. The van der Waals surface area contributed by atoms with Crippen LogP contribution in [-0.2, 0) is 14.4 Å². The molecular weight excluding hydrogens is 490 g/mol. The average molecular weight is 516 g/mol. The van der Waals surface area contributed by atoms with Crippen LogP contribution in [0.4, 0.5) is 23.2 Å². The molecule has 0 radical (unpaired) electrons. The first kappa shape index (κ1) is 25.1. The van der Waals surface area contributed by atoms with Gasteiger partial charge in [0.05, 0.1) is 23.2 Å². The zero-order valence-electron chi connectivity index (χ0n) is 20.0. The molecule has 6 nitrogen and oxygen atoms in total. The molecule has 5 rings (SSSR count). The van der Waals surface area contributed by atoms with E-state index in [1.54, 1.807) is 24.3 Å². The lowest BCUT2D eigenvalue weighted by Crippen LogP contribution is -2.46. The van der Waals surface area contributed by atoms with Crippen LogP contribution in [0.1, 0.15) is 48.8 Å². The zero-order valence-corrected chi connectivity index (χ0v) is 20.0. The van der Waals surface area contributed by atoms with Gasteiger partial charge in [0, 0.05) is 17.5 Å². The van der Waals surface area contributed by atoms with Gasteiger partial charge in [0.2, 0.25) is 18.0 Å². The Morgan fingerprint density at radius 2 is 1.73 bits per heavy atom. The van der Waals surface area contributed by atoms with Crippen LogP contribution in [0.15, 0.2) is 47.5 Å². The van der Waals surface area contributed by atoms with E-state index >= 15 is 0 Å².